The summed E-state index contributed by atoms with van der Waals surface area (Å²) in [6.07, 6.45) is 2.15. The van der Waals surface area contributed by atoms with Gasteiger partial charge in [-0.25, -0.2) is 5.43 Å². The molecule has 0 unspecified atom stereocenters. The zero-order valence-corrected chi connectivity index (χ0v) is 19.0. The Kier molecular flexibility index (Phi) is 6.31. The van der Waals surface area contributed by atoms with Gasteiger partial charge < -0.3 is 14.4 Å². The first-order valence-corrected chi connectivity index (χ1v) is 11.1. The molecule has 0 radical (unpaired) electrons. The number of phenols is 1. The number of para-hydroxylation sites is 1. The van der Waals surface area contributed by atoms with Crippen LogP contribution in [0.1, 0.15) is 63.1 Å². The Morgan fingerprint density at radius 1 is 1.12 bits per heavy atom. The van der Waals surface area contributed by atoms with Crippen LogP contribution >= 0.6 is 0 Å². The maximum absolute atomic E-state index is 13.4. The number of rotatable bonds is 5. The van der Waals surface area contributed by atoms with Crippen LogP contribution in [0.15, 0.2) is 58.0 Å². The van der Waals surface area contributed by atoms with E-state index in [1.807, 2.05) is 45.0 Å². The van der Waals surface area contributed by atoms with Gasteiger partial charge in [0.1, 0.15) is 11.5 Å². The average molecular weight is 446 g/mol. The van der Waals surface area contributed by atoms with Gasteiger partial charge in [0.25, 0.3) is 11.8 Å². The molecule has 0 saturated heterocycles. The third-order valence-corrected chi connectivity index (χ3v) is 5.84. The molecular weight excluding hydrogens is 418 g/mol. The number of benzene rings is 2. The summed E-state index contributed by atoms with van der Waals surface area (Å²) in [5.74, 6) is 0.194. The Balaban J connectivity index is 1.63. The maximum Gasteiger partial charge on any atom is 0.294 e. The molecular formula is C26H27N3O4. The van der Waals surface area contributed by atoms with Crippen LogP contribution in [0.3, 0.4) is 0 Å². The first kappa shape index (κ1) is 22.3. The van der Waals surface area contributed by atoms with Crippen molar-refractivity contribution in [1.29, 1.82) is 0 Å². The number of hydrogen-bond acceptors (Lipinski definition) is 5. The molecule has 0 atom stereocenters. The van der Waals surface area contributed by atoms with Gasteiger partial charge in [-0.3, -0.25) is 9.59 Å². The highest BCUT2D eigenvalue weighted by Gasteiger charge is 2.30. The van der Waals surface area contributed by atoms with Crippen LogP contribution in [0, 0.1) is 13.8 Å². The van der Waals surface area contributed by atoms with Crippen LogP contribution in [0.5, 0.6) is 5.75 Å². The van der Waals surface area contributed by atoms with E-state index in [0.717, 1.165) is 28.8 Å². The standard InChI is InChI=1S/C26H27N3O4/c1-4-29(18-10-7-9-16(2)15-18)26(32)24-17(3)23-20(12-8-14-22(23)33-24)27-28-25(31)19-11-5-6-13-21(19)30/h5-7,9-11,13,15,30H,4,8,12,14H2,1-3H3,(H,28,31)/b27-20+. The number of fused-ring (bicyclic) bond motifs is 1. The molecule has 7 nitrogen and oxygen atoms in total. The van der Waals surface area contributed by atoms with E-state index in [1.54, 1.807) is 17.0 Å². The zero-order valence-electron chi connectivity index (χ0n) is 19.0. The molecule has 1 aromatic heterocycles. The third kappa shape index (κ3) is 4.39. The fourth-order valence-electron chi connectivity index (χ4n) is 4.19. The molecule has 33 heavy (non-hydrogen) atoms. The van der Waals surface area contributed by atoms with Crippen molar-refractivity contribution < 1.29 is 19.1 Å². The van der Waals surface area contributed by atoms with Crippen LogP contribution in [0.25, 0.3) is 0 Å². The van der Waals surface area contributed by atoms with Crippen LogP contribution in [-0.4, -0.2) is 29.2 Å². The number of aryl methyl sites for hydroxylation is 2. The van der Waals surface area contributed by atoms with Gasteiger partial charge in [0.15, 0.2) is 5.76 Å². The van der Waals surface area contributed by atoms with E-state index < -0.39 is 5.91 Å². The molecule has 2 amide bonds. The highest BCUT2D eigenvalue weighted by Crippen LogP contribution is 2.31. The van der Waals surface area contributed by atoms with E-state index in [-0.39, 0.29) is 17.2 Å². The number of carbonyl (C=O) groups excluding carboxylic acids is 2. The van der Waals surface area contributed by atoms with Crippen LogP contribution < -0.4 is 10.3 Å². The fraction of sp³-hybridized carbons (Fsp3) is 0.269. The Morgan fingerprint density at radius 3 is 2.64 bits per heavy atom. The van der Waals surface area contributed by atoms with Crippen molar-refractivity contribution in [2.45, 2.75) is 40.0 Å². The zero-order chi connectivity index (χ0) is 23.5. The minimum atomic E-state index is -0.498. The lowest BCUT2D eigenvalue weighted by Crippen LogP contribution is -2.31. The van der Waals surface area contributed by atoms with Gasteiger partial charge in [-0.15, -0.1) is 0 Å². The predicted octanol–water partition coefficient (Wildman–Crippen LogP) is 4.74. The lowest BCUT2D eigenvalue weighted by Gasteiger charge is -2.20. The number of hydrazone groups is 1. The van der Waals surface area contributed by atoms with Crippen molar-refractivity contribution in [3.63, 3.8) is 0 Å². The molecule has 0 bridgehead atoms. The van der Waals surface area contributed by atoms with Crippen LogP contribution in [0.4, 0.5) is 5.69 Å². The van der Waals surface area contributed by atoms with Gasteiger partial charge in [0.2, 0.25) is 0 Å². The summed E-state index contributed by atoms with van der Waals surface area (Å²) in [4.78, 5) is 27.6. The summed E-state index contributed by atoms with van der Waals surface area (Å²) in [6.45, 7) is 6.28. The number of nitrogens with one attached hydrogen (secondary N) is 1. The number of hydrogen-bond donors (Lipinski definition) is 2. The van der Waals surface area contributed by atoms with Crippen molar-refractivity contribution in [1.82, 2.24) is 5.43 Å². The number of anilines is 1. The number of aromatic hydroxyl groups is 1. The summed E-state index contributed by atoms with van der Waals surface area (Å²) in [5.41, 5.74) is 6.74. The van der Waals surface area contributed by atoms with Crippen molar-refractivity contribution in [3.8, 4) is 5.75 Å². The van der Waals surface area contributed by atoms with Crippen LogP contribution in [0.2, 0.25) is 0 Å². The fourth-order valence-corrected chi connectivity index (χ4v) is 4.19. The molecule has 4 rings (SSSR count). The van der Waals surface area contributed by atoms with Crippen molar-refractivity contribution in [3.05, 3.63) is 82.3 Å². The van der Waals surface area contributed by atoms with Crippen LogP contribution in [-0.2, 0) is 6.42 Å². The van der Waals surface area contributed by atoms with Crippen molar-refractivity contribution in [2.75, 3.05) is 11.4 Å². The number of nitrogens with zero attached hydrogens (tertiary/aromatic N) is 2. The van der Waals surface area contributed by atoms with E-state index in [0.29, 0.717) is 36.6 Å². The number of carbonyl (C=O) groups is 2. The van der Waals surface area contributed by atoms with Gasteiger partial charge in [0, 0.05) is 29.8 Å². The second-order valence-corrected chi connectivity index (χ2v) is 8.11. The van der Waals surface area contributed by atoms with Crippen molar-refractivity contribution >= 4 is 23.2 Å². The summed E-state index contributed by atoms with van der Waals surface area (Å²) in [7, 11) is 0. The lowest BCUT2D eigenvalue weighted by atomic mass is 9.93. The Labute approximate surface area is 192 Å². The molecule has 7 heteroatoms. The molecule has 0 spiro atoms. The summed E-state index contributed by atoms with van der Waals surface area (Å²) in [5, 5.41) is 14.2. The van der Waals surface area contributed by atoms with E-state index in [4.69, 9.17) is 4.42 Å². The minimum absolute atomic E-state index is 0.109. The number of phenolic OH excluding ortho intramolecular Hbond substituents is 1. The summed E-state index contributed by atoms with van der Waals surface area (Å²) in [6, 6.07) is 14.1. The second kappa shape index (κ2) is 9.32. The molecule has 3 aromatic rings. The topological polar surface area (TPSA) is 95.1 Å². The smallest absolute Gasteiger partial charge is 0.294 e. The first-order valence-electron chi connectivity index (χ1n) is 11.1. The SMILES string of the molecule is CCN(C(=O)c1oc2c(c1C)/C(=N/NC(=O)c1ccccc1O)CCC2)c1cccc(C)c1. The third-order valence-electron chi connectivity index (χ3n) is 5.84. The van der Waals surface area contributed by atoms with E-state index in [2.05, 4.69) is 10.5 Å². The summed E-state index contributed by atoms with van der Waals surface area (Å²) >= 11 is 0. The summed E-state index contributed by atoms with van der Waals surface area (Å²) < 4.78 is 6.05. The quantitative estimate of drug-likeness (QED) is 0.555. The Morgan fingerprint density at radius 2 is 1.91 bits per heavy atom. The maximum atomic E-state index is 13.4. The van der Waals surface area contributed by atoms with E-state index in [1.165, 1.54) is 12.1 Å². The molecule has 0 fully saturated rings. The monoisotopic (exact) mass is 445 g/mol. The van der Waals surface area contributed by atoms with E-state index in [9.17, 15) is 14.7 Å². The molecule has 0 aliphatic heterocycles. The minimum Gasteiger partial charge on any atom is -0.507 e. The Bertz CT molecular complexity index is 1240. The highest BCUT2D eigenvalue weighted by molar-refractivity contribution is 6.10. The molecule has 1 aliphatic carbocycles. The number of amides is 2. The molecule has 170 valence electrons. The second-order valence-electron chi connectivity index (χ2n) is 8.11. The van der Waals surface area contributed by atoms with E-state index >= 15 is 0 Å². The molecule has 1 heterocycles. The normalized spacial score (nSPS) is 14.1. The number of furan rings is 1. The average Bonchev–Trinajstić information content (AvgIpc) is 3.15. The van der Waals surface area contributed by atoms with Crippen molar-refractivity contribution in [2.24, 2.45) is 5.10 Å². The lowest BCUT2D eigenvalue weighted by molar-refractivity contribution is 0.0947. The van der Waals surface area contributed by atoms with Gasteiger partial charge in [0.05, 0.1) is 11.3 Å². The predicted molar refractivity (Wildman–Crippen MR) is 127 cm³/mol. The van der Waals surface area contributed by atoms with Gasteiger partial charge in [-0.2, -0.15) is 5.10 Å². The Hall–Kier alpha value is -3.87. The molecule has 2 aromatic carbocycles. The van der Waals surface area contributed by atoms with Gasteiger partial charge in [-0.1, -0.05) is 24.3 Å². The van der Waals surface area contributed by atoms with Gasteiger partial charge >= 0.3 is 0 Å². The van der Waals surface area contributed by atoms with Gasteiger partial charge in [-0.05, 0) is 63.4 Å². The first-order chi connectivity index (χ1) is 15.9. The largest absolute Gasteiger partial charge is 0.507 e. The molecule has 2 N–H and O–H groups in total. The molecule has 1 aliphatic rings. The highest BCUT2D eigenvalue weighted by atomic mass is 16.4. The molecule has 0 saturated carbocycles.